The van der Waals surface area contributed by atoms with Crippen LogP contribution in [0.4, 0.5) is 4.79 Å². The van der Waals surface area contributed by atoms with Crippen molar-refractivity contribution < 1.29 is 14.3 Å². The zero-order chi connectivity index (χ0) is 13.8. The molecule has 2 amide bonds. The van der Waals surface area contributed by atoms with E-state index in [0.717, 1.165) is 6.42 Å². The summed E-state index contributed by atoms with van der Waals surface area (Å²) in [6, 6.07) is 0.0143. The predicted molar refractivity (Wildman–Crippen MR) is 70.6 cm³/mol. The average molecular weight is 258 g/mol. The maximum Gasteiger partial charge on any atom is 0.315 e. The molecule has 0 bridgehead atoms. The summed E-state index contributed by atoms with van der Waals surface area (Å²) in [5.74, 6) is 0. The van der Waals surface area contributed by atoms with Crippen LogP contribution in [0.15, 0.2) is 0 Å². The van der Waals surface area contributed by atoms with E-state index < -0.39 is 0 Å². The van der Waals surface area contributed by atoms with Gasteiger partial charge in [-0.05, 0) is 20.3 Å². The van der Waals surface area contributed by atoms with E-state index in [0.29, 0.717) is 19.8 Å². The van der Waals surface area contributed by atoms with Crippen molar-refractivity contribution in [3.05, 3.63) is 0 Å². The molecule has 0 spiro atoms. The number of rotatable bonds is 6. The number of carbonyl (C=O) groups excluding carboxylic acids is 1. The average Bonchev–Trinajstić information content (AvgIpc) is 2.33. The zero-order valence-corrected chi connectivity index (χ0v) is 12.1. The van der Waals surface area contributed by atoms with Gasteiger partial charge in [0.2, 0.25) is 0 Å². The van der Waals surface area contributed by atoms with Crippen LogP contribution in [-0.4, -0.2) is 44.5 Å². The second-order valence-corrected chi connectivity index (χ2v) is 5.51. The number of amides is 2. The van der Waals surface area contributed by atoms with Gasteiger partial charge in [-0.3, -0.25) is 0 Å². The summed E-state index contributed by atoms with van der Waals surface area (Å²) in [6.07, 6.45) is 0.843. The first-order valence-electron chi connectivity index (χ1n) is 6.54. The number of ether oxygens (including phenoxy) is 2. The number of hydrogen-bond acceptors (Lipinski definition) is 3. The zero-order valence-electron chi connectivity index (χ0n) is 12.1. The lowest BCUT2D eigenvalue weighted by molar-refractivity contribution is -0.177. The Bertz CT molecular complexity index is 294. The van der Waals surface area contributed by atoms with E-state index in [1.807, 2.05) is 6.92 Å². The maximum atomic E-state index is 11.7. The largest absolute Gasteiger partial charge is 0.380 e. The Balaban J connectivity index is 2.30. The third-order valence-corrected chi connectivity index (χ3v) is 4.32. The lowest BCUT2D eigenvalue weighted by atomic mass is 9.56. The molecule has 106 valence electrons. The molecule has 1 rings (SSSR count). The van der Waals surface area contributed by atoms with Gasteiger partial charge in [-0.25, -0.2) is 4.79 Å². The molecule has 1 fully saturated rings. The van der Waals surface area contributed by atoms with Crippen molar-refractivity contribution in [2.75, 3.05) is 26.9 Å². The van der Waals surface area contributed by atoms with E-state index in [-0.39, 0.29) is 23.1 Å². The Kier molecular flexibility index (Phi) is 4.99. The number of urea groups is 1. The third kappa shape index (κ3) is 2.95. The Morgan fingerprint density at radius 2 is 2.06 bits per heavy atom. The molecule has 0 aromatic heterocycles. The molecular weight excluding hydrogens is 232 g/mol. The smallest absolute Gasteiger partial charge is 0.315 e. The van der Waals surface area contributed by atoms with Gasteiger partial charge in [0, 0.05) is 31.7 Å². The topological polar surface area (TPSA) is 59.6 Å². The summed E-state index contributed by atoms with van der Waals surface area (Å²) >= 11 is 0. The Labute approximate surface area is 110 Å². The van der Waals surface area contributed by atoms with Crippen LogP contribution in [0.25, 0.3) is 0 Å². The Morgan fingerprint density at radius 1 is 1.39 bits per heavy atom. The molecule has 5 heteroatoms. The fourth-order valence-electron chi connectivity index (χ4n) is 2.31. The number of methoxy groups -OCH3 is 1. The molecule has 1 saturated carbocycles. The minimum absolute atomic E-state index is 0.0565. The van der Waals surface area contributed by atoms with Crippen molar-refractivity contribution in [2.45, 2.75) is 45.8 Å². The van der Waals surface area contributed by atoms with Crippen molar-refractivity contribution in [1.29, 1.82) is 0 Å². The molecule has 5 nitrogen and oxygen atoms in total. The van der Waals surface area contributed by atoms with Crippen LogP contribution in [0, 0.1) is 5.41 Å². The highest BCUT2D eigenvalue weighted by Gasteiger charge is 2.58. The van der Waals surface area contributed by atoms with Crippen LogP contribution in [0.5, 0.6) is 0 Å². The lowest BCUT2D eigenvalue weighted by Gasteiger charge is -2.59. The fourth-order valence-corrected chi connectivity index (χ4v) is 2.31. The molecule has 1 aliphatic carbocycles. The van der Waals surface area contributed by atoms with Gasteiger partial charge >= 0.3 is 6.03 Å². The van der Waals surface area contributed by atoms with Crippen LogP contribution in [0.2, 0.25) is 0 Å². The molecule has 0 radical (unpaired) electrons. The van der Waals surface area contributed by atoms with Crippen molar-refractivity contribution in [3.8, 4) is 0 Å². The minimum Gasteiger partial charge on any atom is -0.380 e. The second-order valence-electron chi connectivity index (χ2n) is 5.51. The van der Waals surface area contributed by atoms with E-state index >= 15 is 0 Å². The first-order chi connectivity index (χ1) is 8.37. The van der Waals surface area contributed by atoms with E-state index in [2.05, 4.69) is 31.4 Å². The van der Waals surface area contributed by atoms with Crippen LogP contribution in [0.3, 0.4) is 0 Å². The Morgan fingerprint density at radius 3 is 2.56 bits per heavy atom. The quantitative estimate of drug-likeness (QED) is 0.710. The minimum atomic E-state index is -0.156. The molecule has 0 aromatic rings. The summed E-state index contributed by atoms with van der Waals surface area (Å²) in [6.45, 7) is 10.0. The highest BCUT2D eigenvalue weighted by Crippen LogP contribution is 2.51. The van der Waals surface area contributed by atoms with E-state index in [4.69, 9.17) is 9.47 Å². The first kappa shape index (κ1) is 15.2. The highest BCUT2D eigenvalue weighted by atomic mass is 16.5. The van der Waals surface area contributed by atoms with Crippen LogP contribution < -0.4 is 10.6 Å². The third-order valence-electron chi connectivity index (χ3n) is 4.32. The standard InChI is InChI=1S/C13H26N2O3/c1-6-18-8-7-14-11(16)15-10-9-13(4,17-5)12(10,2)3/h10H,6-9H2,1-5H3,(H2,14,15,16)/t10-,13+/m1/s1. The van der Waals surface area contributed by atoms with Gasteiger partial charge in [0.15, 0.2) is 0 Å². The van der Waals surface area contributed by atoms with Gasteiger partial charge in [-0.2, -0.15) is 0 Å². The number of nitrogens with one attached hydrogen (secondary N) is 2. The SMILES string of the molecule is CCOCCNC(=O)N[C@@H]1C[C@](C)(OC)C1(C)C. The van der Waals surface area contributed by atoms with E-state index in [1.54, 1.807) is 7.11 Å². The molecule has 0 heterocycles. The van der Waals surface area contributed by atoms with Gasteiger partial charge in [-0.1, -0.05) is 13.8 Å². The molecule has 0 aliphatic heterocycles. The molecule has 1 aliphatic rings. The predicted octanol–water partition coefficient (Wildman–Crippen LogP) is 1.53. The number of carbonyl (C=O) groups is 1. The summed E-state index contributed by atoms with van der Waals surface area (Å²) in [5, 5.41) is 5.77. The lowest BCUT2D eigenvalue weighted by Crippen LogP contribution is -2.69. The molecule has 0 saturated heterocycles. The molecule has 0 aromatic carbocycles. The summed E-state index contributed by atoms with van der Waals surface area (Å²) in [7, 11) is 1.72. The van der Waals surface area contributed by atoms with Gasteiger partial charge < -0.3 is 20.1 Å². The van der Waals surface area contributed by atoms with Crippen molar-refractivity contribution in [1.82, 2.24) is 10.6 Å². The van der Waals surface area contributed by atoms with Crippen molar-refractivity contribution in [3.63, 3.8) is 0 Å². The van der Waals surface area contributed by atoms with Gasteiger partial charge in [0.05, 0.1) is 12.2 Å². The second kappa shape index (κ2) is 5.89. The maximum absolute atomic E-state index is 11.7. The Hall–Kier alpha value is -0.810. The van der Waals surface area contributed by atoms with Crippen molar-refractivity contribution in [2.24, 2.45) is 5.41 Å². The molecule has 18 heavy (non-hydrogen) atoms. The molecule has 2 N–H and O–H groups in total. The molecular formula is C13H26N2O3. The van der Waals surface area contributed by atoms with Crippen LogP contribution >= 0.6 is 0 Å². The van der Waals surface area contributed by atoms with Gasteiger partial charge in [0.1, 0.15) is 0 Å². The highest BCUT2D eigenvalue weighted by molar-refractivity contribution is 5.74. The van der Waals surface area contributed by atoms with E-state index in [1.165, 1.54) is 0 Å². The summed E-state index contributed by atoms with van der Waals surface area (Å²) < 4.78 is 10.7. The first-order valence-corrected chi connectivity index (χ1v) is 6.54. The van der Waals surface area contributed by atoms with Crippen molar-refractivity contribution >= 4 is 6.03 Å². The summed E-state index contributed by atoms with van der Waals surface area (Å²) in [5.41, 5.74) is -0.213. The van der Waals surface area contributed by atoms with Gasteiger partial charge in [-0.15, -0.1) is 0 Å². The van der Waals surface area contributed by atoms with Gasteiger partial charge in [0.25, 0.3) is 0 Å². The fraction of sp³-hybridized carbons (Fsp3) is 0.923. The van der Waals surface area contributed by atoms with E-state index in [9.17, 15) is 4.79 Å². The number of hydrogen-bond donors (Lipinski definition) is 2. The normalized spacial score (nSPS) is 29.5. The molecule has 2 atom stereocenters. The van der Waals surface area contributed by atoms with Crippen LogP contribution in [0.1, 0.15) is 34.1 Å². The summed E-state index contributed by atoms with van der Waals surface area (Å²) in [4.78, 5) is 11.7. The monoisotopic (exact) mass is 258 g/mol. The molecule has 0 unspecified atom stereocenters. The van der Waals surface area contributed by atoms with Crippen LogP contribution in [-0.2, 0) is 9.47 Å².